The van der Waals surface area contributed by atoms with E-state index in [1.54, 1.807) is 0 Å². The predicted molar refractivity (Wildman–Crippen MR) is 80.6 cm³/mol. The molecule has 0 aromatic carbocycles. The van der Waals surface area contributed by atoms with Gasteiger partial charge in [0.15, 0.2) is 0 Å². The summed E-state index contributed by atoms with van der Waals surface area (Å²) in [7, 11) is 0. The Morgan fingerprint density at radius 3 is 2.75 bits per heavy atom. The van der Waals surface area contributed by atoms with Gasteiger partial charge in [-0.2, -0.15) is 5.10 Å². The van der Waals surface area contributed by atoms with Crippen molar-refractivity contribution < 1.29 is 0 Å². The summed E-state index contributed by atoms with van der Waals surface area (Å²) < 4.78 is 4.19. The number of imidazole rings is 1. The summed E-state index contributed by atoms with van der Waals surface area (Å²) in [4.78, 5) is 4.05. The molecule has 0 bridgehead atoms. The molecule has 2 rings (SSSR count). The number of rotatable bonds is 7. The quantitative estimate of drug-likeness (QED) is 0.790. The van der Waals surface area contributed by atoms with Crippen molar-refractivity contribution in [3.05, 3.63) is 35.7 Å². The van der Waals surface area contributed by atoms with Gasteiger partial charge in [0.1, 0.15) is 0 Å². The largest absolute Gasteiger partial charge is 0.337 e. The Kier molecular flexibility index (Phi) is 4.95. The van der Waals surface area contributed by atoms with E-state index in [0.717, 1.165) is 31.7 Å². The summed E-state index contributed by atoms with van der Waals surface area (Å²) >= 11 is 0. The first-order chi connectivity index (χ1) is 9.63. The Morgan fingerprint density at radius 2 is 2.15 bits per heavy atom. The van der Waals surface area contributed by atoms with E-state index in [9.17, 15) is 0 Å². The van der Waals surface area contributed by atoms with E-state index in [1.165, 1.54) is 11.3 Å². The van der Waals surface area contributed by atoms with Crippen molar-refractivity contribution >= 4 is 0 Å². The van der Waals surface area contributed by atoms with Gasteiger partial charge in [0.2, 0.25) is 0 Å². The zero-order valence-electron chi connectivity index (χ0n) is 12.9. The SMILES string of the molecule is CCn1nc(C)c(C(C)NCCCn2ccnc2)c1C. The van der Waals surface area contributed by atoms with Crippen molar-refractivity contribution in [1.82, 2.24) is 24.6 Å². The Balaban J connectivity index is 1.85. The summed E-state index contributed by atoms with van der Waals surface area (Å²) in [5.74, 6) is 0. The molecule has 0 radical (unpaired) electrons. The maximum absolute atomic E-state index is 4.58. The fourth-order valence-corrected chi connectivity index (χ4v) is 2.75. The van der Waals surface area contributed by atoms with Crippen LogP contribution in [0.3, 0.4) is 0 Å². The highest BCUT2D eigenvalue weighted by Crippen LogP contribution is 2.21. The van der Waals surface area contributed by atoms with Gasteiger partial charge in [-0.1, -0.05) is 0 Å². The molecule has 0 saturated carbocycles. The molecule has 2 heterocycles. The van der Waals surface area contributed by atoms with Gasteiger partial charge in [-0.05, 0) is 40.7 Å². The fraction of sp³-hybridized carbons (Fsp3) is 0.600. The monoisotopic (exact) mass is 275 g/mol. The fourth-order valence-electron chi connectivity index (χ4n) is 2.75. The van der Waals surface area contributed by atoms with Crippen LogP contribution >= 0.6 is 0 Å². The molecule has 5 heteroatoms. The molecular weight excluding hydrogens is 250 g/mol. The summed E-state index contributed by atoms with van der Waals surface area (Å²) in [6.45, 7) is 11.5. The van der Waals surface area contributed by atoms with Gasteiger partial charge < -0.3 is 9.88 Å². The van der Waals surface area contributed by atoms with E-state index in [2.05, 4.69) is 52.3 Å². The molecule has 2 aromatic rings. The minimum absolute atomic E-state index is 0.345. The van der Waals surface area contributed by atoms with Crippen LogP contribution in [0.1, 0.15) is 43.3 Å². The summed E-state index contributed by atoms with van der Waals surface area (Å²) in [5.41, 5.74) is 3.76. The normalized spacial score (nSPS) is 12.8. The minimum Gasteiger partial charge on any atom is -0.337 e. The van der Waals surface area contributed by atoms with Crippen LogP contribution in [0.5, 0.6) is 0 Å². The number of aromatic nitrogens is 4. The molecular formula is C15H25N5. The van der Waals surface area contributed by atoms with Gasteiger partial charge in [-0.15, -0.1) is 0 Å². The molecule has 0 spiro atoms. The van der Waals surface area contributed by atoms with Crippen LogP contribution in [0.2, 0.25) is 0 Å². The van der Waals surface area contributed by atoms with Crippen LogP contribution < -0.4 is 5.32 Å². The number of nitrogens with one attached hydrogen (secondary N) is 1. The Labute approximate surface area is 121 Å². The lowest BCUT2D eigenvalue weighted by atomic mass is 10.1. The number of nitrogens with zero attached hydrogens (tertiary/aromatic N) is 4. The van der Waals surface area contributed by atoms with Crippen LogP contribution in [-0.2, 0) is 13.1 Å². The standard InChI is InChI=1S/C15H25N5/c1-5-20-14(4)15(13(3)18-20)12(2)17-7-6-9-19-10-8-16-11-19/h8,10-12,17H,5-7,9H2,1-4H3. The third-order valence-electron chi connectivity index (χ3n) is 3.77. The van der Waals surface area contributed by atoms with Crippen LogP contribution in [0, 0.1) is 13.8 Å². The Hall–Kier alpha value is -1.62. The van der Waals surface area contributed by atoms with E-state index in [1.807, 2.05) is 18.7 Å². The van der Waals surface area contributed by atoms with E-state index in [0.29, 0.717) is 6.04 Å². The average molecular weight is 275 g/mol. The van der Waals surface area contributed by atoms with Crippen molar-refractivity contribution in [2.24, 2.45) is 0 Å². The second-order valence-electron chi connectivity index (χ2n) is 5.23. The number of hydrogen-bond donors (Lipinski definition) is 1. The third kappa shape index (κ3) is 3.28. The van der Waals surface area contributed by atoms with Gasteiger partial charge in [-0.25, -0.2) is 4.98 Å². The van der Waals surface area contributed by atoms with Crippen molar-refractivity contribution in [1.29, 1.82) is 0 Å². The van der Waals surface area contributed by atoms with Gasteiger partial charge in [0, 0.05) is 42.8 Å². The maximum Gasteiger partial charge on any atom is 0.0945 e. The molecule has 1 unspecified atom stereocenters. The van der Waals surface area contributed by atoms with Gasteiger partial charge >= 0.3 is 0 Å². The number of hydrogen-bond acceptors (Lipinski definition) is 3. The van der Waals surface area contributed by atoms with Crippen LogP contribution in [0.4, 0.5) is 0 Å². The van der Waals surface area contributed by atoms with E-state index < -0.39 is 0 Å². The van der Waals surface area contributed by atoms with E-state index >= 15 is 0 Å². The van der Waals surface area contributed by atoms with Crippen LogP contribution in [0.15, 0.2) is 18.7 Å². The molecule has 20 heavy (non-hydrogen) atoms. The highest BCUT2D eigenvalue weighted by Gasteiger charge is 2.16. The number of aryl methyl sites for hydroxylation is 3. The lowest BCUT2D eigenvalue weighted by molar-refractivity contribution is 0.523. The molecule has 0 aliphatic heterocycles. The van der Waals surface area contributed by atoms with Gasteiger partial charge in [0.25, 0.3) is 0 Å². The van der Waals surface area contributed by atoms with E-state index in [4.69, 9.17) is 0 Å². The molecule has 110 valence electrons. The topological polar surface area (TPSA) is 47.7 Å². The van der Waals surface area contributed by atoms with Crippen LogP contribution in [-0.4, -0.2) is 25.9 Å². The molecule has 0 saturated heterocycles. The molecule has 1 N–H and O–H groups in total. The summed E-state index contributed by atoms with van der Waals surface area (Å²) in [5, 5.41) is 8.18. The first-order valence-electron chi connectivity index (χ1n) is 7.36. The summed E-state index contributed by atoms with van der Waals surface area (Å²) in [6, 6.07) is 0.345. The highest BCUT2D eigenvalue weighted by molar-refractivity contribution is 5.27. The highest BCUT2D eigenvalue weighted by atomic mass is 15.3. The van der Waals surface area contributed by atoms with E-state index in [-0.39, 0.29) is 0 Å². The van der Waals surface area contributed by atoms with Crippen molar-refractivity contribution in [2.45, 2.75) is 53.2 Å². The molecule has 5 nitrogen and oxygen atoms in total. The van der Waals surface area contributed by atoms with Crippen LogP contribution in [0.25, 0.3) is 0 Å². The molecule has 1 atom stereocenters. The minimum atomic E-state index is 0.345. The first-order valence-corrected chi connectivity index (χ1v) is 7.36. The molecule has 0 aliphatic carbocycles. The molecule has 0 amide bonds. The average Bonchev–Trinajstić information content (AvgIpc) is 3.02. The second kappa shape index (κ2) is 6.70. The smallest absolute Gasteiger partial charge is 0.0945 e. The third-order valence-corrected chi connectivity index (χ3v) is 3.77. The second-order valence-corrected chi connectivity index (χ2v) is 5.23. The van der Waals surface area contributed by atoms with Crippen molar-refractivity contribution in [2.75, 3.05) is 6.54 Å². The maximum atomic E-state index is 4.58. The van der Waals surface area contributed by atoms with Crippen molar-refractivity contribution in [3.8, 4) is 0 Å². The van der Waals surface area contributed by atoms with Gasteiger partial charge in [0.05, 0.1) is 12.0 Å². The zero-order chi connectivity index (χ0) is 14.5. The zero-order valence-corrected chi connectivity index (χ0v) is 12.9. The lowest BCUT2D eigenvalue weighted by Gasteiger charge is -2.15. The van der Waals surface area contributed by atoms with Gasteiger partial charge in [-0.3, -0.25) is 4.68 Å². The lowest BCUT2D eigenvalue weighted by Crippen LogP contribution is -2.22. The molecule has 0 fully saturated rings. The predicted octanol–water partition coefficient (Wildman–Crippen LogP) is 2.46. The Morgan fingerprint density at radius 1 is 1.35 bits per heavy atom. The first kappa shape index (κ1) is 14.8. The molecule has 0 aliphatic rings. The summed E-state index contributed by atoms with van der Waals surface area (Å²) in [6.07, 6.45) is 6.79. The Bertz CT molecular complexity index is 527. The van der Waals surface area contributed by atoms with Crippen molar-refractivity contribution in [3.63, 3.8) is 0 Å². The molecule has 2 aromatic heterocycles.